The number of imide groups is 1. The minimum Gasteiger partial charge on any atom is -0.338 e. The van der Waals surface area contributed by atoms with Gasteiger partial charge in [-0.2, -0.15) is 0 Å². The number of imidazole rings is 1. The van der Waals surface area contributed by atoms with E-state index in [1.807, 2.05) is 17.8 Å². The van der Waals surface area contributed by atoms with Gasteiger partial charge in [0, 0.05) is 32.4 Å². The second-order valence-electron chi connectivity index (χ2n) is 3.41. The number of carbonyl (C=O) groups is 2. The van der Waals surface area contributed by atoms with Crippen LogP contribution in [0.25, 0.3) is 0 Å². The quantitative estimate of drug-likeness (QED) is 0.682. The Labute approximate surface area is 86.9 Å². The number of aromatic nitrogens is 2. The first kappa shape index (κ1) is 9.70. The van der Waals surface area contributed by atoms with Gasteiger partial charge >= 0.3 is 6.03 Å². The lowest BCUT2D eigenvalue weighted by Gasteiger charge is -2.11. The fraction of sp³-hybridized carbons (Fsp3) is 0.444. The van der Waals surface area contributed by atoms with E-state index in [0.29, 0.717) is 13.0 Å². The molecule has 1 aromatic heterocycles. The van der Waals surface area contributed by atoms with Crippen LogP contribution in [0.1, 0.15) is 5.82 Å². The number of rotatable bonds is 3. The summed E-state index contributed by atoms with van der Waals surface area (Å²) in [7, 11) is 1.88. The van der Waals surface area contributed by atoms with Gasteiger partial charge < -0.3 is 9.88 Å². The van der Waals surface area contributed by atoms with Gasteiger partial charge in [0.1, 0.15) is 5.82 Å². The van der Waals surface area contributed by atoms with Gasteiger partial charge in [-0.05, 0) is 0 Å². The maximum atomic E-state index is 11.2. The lowest BCUT2D eigenvalue weighted by molar-refractivity contribution is -0.124. The molecule has 0 aromatic carbocycles. The highest BCUT2D eigenvalue weighted by Gasteiger charge is 2.27. The molecule has 1 fully saturated rings. The van der Waals surface area contributed by atoms with E-state index in [-0.39, 0.29) is 18.5 Å². The molecule has 80 valence electrons. The van der Waals surface area contributed by atoms with Crippen LogP contribution in [-0.2, 0) is 18.3 Å². The van der Waals surface area contributed by atoms with Gasteiger partial charge in [0.2, 0.25) is 5.91 Å². The van der Waals surface area contributed by atoms with Crippen LogP contribution in [0.3, 0.4) is 0 Å². The number of amides is 3. The molecule has 0 saturated carbocycles. The number of carbonyl (C=O) groups excluding carboxylic acids is 2. The summed E-state index contributed by atoms with van der Waals surface area (Å²) in [6, 6.07) is -0.311. The van der Waals surface area contributed by atoms with Gasteiger partial charge in [-0.25, -0.2) is 9.78 Å². The Morgan fingerprint density at radius 2 is 2.33 bits per heavy atom. The number of urea groups is 1. The van der Waals surface area contributed by atoms with Crippen LogP contribution in [0.5, 0.6) is 0 Å². The lowest BCUT2D eigenvalue weighted by Crippen LogP contribution is -2.33. The molecule has 0 spiro atoms. The SMILES string of the molecule is Cn1ccnc1CCN1C(=O)CNC1=O. The topological polar surface area (TPSA) is 67.2 Å². The van der Waals surface area contributed by atoms with Crippen LogP contribution in [0.2, 0.25) is 0 Å². The standard InChI is InChI=1S/C9H12N4O2/c1-12-5-3-10-7(12)2-4-13-8(14)6-11-9(13)15/h3,5H,2,4,6H2,1H3,(H,11,15). The van der Waals surface area contributed by atoms with Crippen LogP contribution < -0.4 is 5.32 Å². The Morgan fingerprint density at radius 1 is 1.53 bits per heavy atom. The van der Waals surface area contributed by atoms with Gasteiger partial charge in [-0.1, -0.05) is 0 Å². The molecule has 1 aromatic rings. The van der Waals surface area contributed by atoms with E-state index < -0.39 is 0 Å². The summed E-state index contributed by atoms with van der Waals surface area (Å²) >= 11 is 0. The van der Waals surface area contributed by atoms with Gasteiger partial charge in [0.25, 0.3) is 0 Å². The minimum absolute atomic E-state index is 0.111. The number of nitrogens with zero attached hydrogens (tertiary/aromatic N) is 3. The summed E-state index contributed by atoms with van der Waals surface area (Å²) in [4.78, 5) is 27.8. The summed E-state index contributed by atoms with van der Waals surface area (Å²) in [5, 5.41) is 2.47. The van der Waals surface area contributed by atoms with Crippen molar-refractivity contribution in [2.75, 3.05) is 13.1 Å². The molecule has 1 saturated heterocycles. The molecule has 2 rings (SSSR count). The molecule has 0 radical (unpaired) electrons. The fourth-order valence-electron chi connectivity index (χ4n) is 1.53. The molecular formula is C9H12N4O2. The van der Waals surface area contributed by atoms with Crippen molar-refractivity contribution in [1.82, 2.24) is 19.8 Å². The molecule has 15 heavy (non-hydrogen) atoms. The largest absolute Gasteiger partial charge is 0.338 e. The second-order valence-corrected chi connectivity index (χ2v) is 3.41. The Kier molecular flexibility index (Phi) is 2.40. The normalized spacial score (nSPS) is 15.9. The first-order chi connectivity index (χ1) is 7.18. The van der Waals surface area contributed by atoms with Gasteiger partial charge in [-0.3, -0.25) is 9.69 Å². The number of hydrogen-bond acceptors (Lipinski definition) is 3. The van der Waals surface area contributed by atoms with E-state index in [1.54, 1.807) is 6.20 Å². The average molecular weight is 208 g/mol. The van der Waals surface area contributed by atoms with Crippen molar-refractivity contribution in [1.29, 1.82) is 0 Å². The monoisotopic (exact) mass is 208 g/mol. The third kappa shape index (κ3) is 1.83. The molecule has 3 amide bonds. The summed E-state index contributed by atoms with van der Waals surface area (Å²) in [6.45, 7) is 0.495. The fourth-order valence-corrected chi connectivity index (χ4v) is 1.53. The summed E-state index contributed by atoms with van der Waals surface area (Å²) < 4.78 is 1.87. The summed E-state index contributed by atoms with van der Waals surface area (Å²) in [6.07, 6.45) is 4.12. The van der Waals surface area contributed by atoms with E-state index in [2.05, 4.69) is 10.3 Å². The molecule has 0 aliphatic carbocycles. The van der Waals surface area contributed by atoms with E-state index >= 15 is 0 Å². The van der Waals surface area contributed by atoms with Gasteiger partial charge in [0.05, 0.1) is 6.54 Å². The molecular weight excluding hydrogens is 196 g/mol. The molecule has 6 heteroatoms. The second kappa shape index (κ2) is 3.72. The van der Waals surface area contributed by atoms with Crippen LogP contribution in [-0.4, -0.2) is 39.5 Å². The maximum absolute atomic E-state index is 11.2. The Morgan fingerprint density at radius 3 is 2.87 bits per heavy atom. The van der Waals surface area contributed by atoms with E-state index in [9.17, 15) is 9.59 Å². The van der Waals surface area contributed by atoms with Crippen molar-refractivity contribution in [2.45, 2.75) is 6.42 Å². The number of aryl methyl sites for hydroxylation is 1. The zero-order valence-corrected chi connectivity index (χ0v) is 8.43. The van der Waals surface area contributed by atoms with Crippen LogP contribution in [0, 0.1) is 0 Å². The molecule has 0 atom stereocenters. The Balaban J connectivity index is 1.96. The van der Waals surface area contributed by atoms with Gasteiger partial charge in [-0.15, -0.1) is 0 Å². The molecule has 0 bridgehead atoms. The minimum atomic E-state index is -0.311. The van der Waals surface area contributed by atoms with Gasteiger partial charge in [0.15, 0.2) is 0 Å². The van der Waals surface area contributed by atoms with Crippen molar-refractivity contribution in [3.63, 3.8) is 0 Å². The van der Waals surface area contributed by atoms with Crippen molar-refractivity contribution < 1.29 is 9.59 Å². The van der Waals surface area contributed by atoms with Crippen molar-refractivity contribution >= 4 is 11.9 Å². The van der Waals surface area contributed by atoms with E-state index in [0.717, 1.165) is 5.82 Å². The van der Waals surface area contributed by atoms with E-state index in [4.69, 9.17) is 0 Å². The molecule has 1 aliphatic rings. The number of nitrogens with one attached hydrogen (secondary N) is 1. The Hall–Kier alpha value is -1.85. The average Bonchev–Trinajstić information content (AvgIpc) is 2.73. The van der Waals surface area contributed by atoms with E-state index in [1.165, 1.54) is 4.90 Å². The highest BCUT2D eigenvalue weighted by Crippen LogP contribution is 2.02. The van der Waals surface area contributed by atoms with Crippen LogP contribution >= 0.6 is 0 Å². The molecule has 2 heterocycles. The number of hydrogen-bond donors (Lipinski definition) is 1. The van der Waals surface area contributed by atoms with Crippen LogP contribution in [0.15, 0.2) is 12.4 Å². The highest BCUT2D eigenvalue weighted by molar-refractivity contribution is 6.01. The predicted octanol–water partition coefficient (Wildman–Crippen LogP) is -0.486. The predicted molar refractivity (Wildman–Crippen MR) is 52.0 cm³/mol. The first-order valence-corrected chi connectivity index (χ1v) is 4.73. The summed E-state index contributed by atoms with van der Waals surface area (Å²) in [5.41, 5.74) is 0. The third-order valence-corrected chi connectivity index (χ3v) is 2.42. The van der Waals surface area contributed by atoms with Crippen LogP contribution in [0.4, 0.5) is 4.79 Å². The highest BCUT2D eigenvalue weighted by atomic mass is 16.2. The zero-order valence-electron chi connectivity index (χ0n) is 8.43. The molecule has 1 aliphatic heterocycles. The lowest BCUT2D eigenvalue weighted by atomic mass is 10.3. The van der Waals surface area contributed by atoms with Crippen molar-refractivity contribution in [3.05, 3.63) is 18.2 Å². The third-order valence-electron chi connectivity index (χ3n) is 2.42. The summed E-state index contributed by atoms with van der Waals surface area (Å²) in [5.74, 6) is 0.691. The Bertz CT molecular complexity index is 383. The molecule has 0 unspecified atom stereocenters. The first-order valence-electron chi connectivity index (χ1n) is 4.73. The molecule has 1 N–H and O–H groups in total. The van der Waals surface area contributed by atoms with Crippen molar-refractivity contribution in [3.8, 4) is 0 Å². The maximum Gasteiger partial charge on any atom is 0.324 e. The zero-order chi connectivity index (χ0) is 10.8. The smallest absolute Gasteiger partial charge is 0.324 e. The molecule has 6 nitrogen and oxygen atoms in total. The van der Waals surface area contributed by atoms with Crippen molar-refractivity contribution in [2.24, 2.45) is 7.05 Å².